The molecule has 0 heterocycles. The number of hydrogen-bond acceptors (Lipinski definition) is 2. The zero-order chi connectivity index (χ0) is 18.9. The molecular weight excluding hydrogens is 314 g/mol. The molecular formula is C21H41NO3. The molecule has 4 heteroatoms. The number of carbonyl (C=O) groups excluding carboxylic acids is 1. The normalized spacial score (nSPS) is 13.4. The monoisotopic (exact) mass is 355 g/mol. The number of carboxylic acid groups (broad SMARTS) is 1. The van der Waals surface area contributed by atoms with Crippen LogP contribution in [0.2, 0.25) is 0 Å². The largest absolute Gasteiger partial charge is 0.480 e. The van der Waals surface area contributed by atoms with Gasteiger partial charge in [0.2, 0.25) is 5.91 Å². The molecule has 0 aromatic heterocycles. The van der Waals surface area contributed by atoms with Gasteiger partial charge in [0.1, 0.15) is 6.04 Å². The highest BCUT2D eigenvalue weighted by molar-refractivity contribution is 5.83. The Balaban J connectivity index is 3.52. The Morgan fingerprint density at radius 3 is 1.64 bits per heavy atom. The molecule has 0 unspecified atom stereocenters. The summed E-state index contributed by atoms with van der Waals surface area (Å²) in [7, 11) is 0. The molecule has 0 fully saturated rings. The maximum Gasteiger partial charge on any atom is 0.326 e. The Kier molecular flexibility index (Phi) is 15.7. The predicted molar refractivity (Wildman–Crippen MR) is 105 cm³/mol. The van der Waals surface area contributed by atoms with Crippen molar-refractivity contribution in [3.8, 4) is 0 Å². The van der Waals surface area contributed by atoms with Crippen molar-refractivity contribution in [3.05, 3.63) is 0 Å². The molecule has 1 amide bonds. The summed E-state index contributed by atoms with van der Waals surface area (Å²) in [6.45, 7) is 6.06. The second kappa shape index (κ2) is 16.4. The minimum Gasteiger partial charge on any atom is -0.480 e. The van der Waals surface area contributed by atoms with Crippen molar-refractivity contribution < 1.29 is 14.7 Å². The Morgan fingerprint density at radius 2 is 1.24 bits per heavy atom. The topological polar surface area (TPSA) is 66.4 Å². The summed E-state index contributed by atoms with van der Waals surface area (Å²) in [4.78, 5) is 23.1. The number of carbonyl (C=O) groups is 2. The first-order valence-corrected chi connectivity index (χ1v) is 10.5. The summed E-state index contributed by atoms with van der Waals surface area (Å²) >= 11 is 0. The van der Waals surface area contributed by atoms with Gasteiger partial charge in [-0.05, 0) is 12.3 Å². The summed E-state index contributed by atoms with van der Waals surface area (Å²) in [6.07, 6.45) is 16.4. The first-order valence-electron chi connectivity index (χ1n) is 10.5. The van der Waals surface area contributed by atoms with Gasteiger partial charge in [-0.3, -0.25) is 4.79 Å². The fourth-order valence-corrected chi connectivity index (χ4v) is 3.06. The van der Waals surface area contributed by atoms with Crippen LogP contribution in [0.5, 0.6) is 0 Å². The molecule has 2 atom stereocenters. The zero-order valence-corrected chi connectivity index (χ0v) is 16.8. The molecule has 0 aliphatic carbocycles. The van der Waals surface area contributed by atoms with Crippen LogP contribution in [-0.2, 0) is 9.59 Å². The van der Waals surface area contributed by atoms with Gasteiger partial charge < -0.3 is 10.4 Å². The molecule has 0 rings (SSSR count). The minimum absolute atomic E-state index is 0.0385. The molecule has 0 aromatic rings. The summed E-state index contributed by atoms with van der Waals surface area (Å²) in [5, 5.41) is 11.9. The van der Waals surface area contributed by atoms with Gasteiger partial charge in [-0.25, -0.2) is 4.79 Å². The highest BCUT2D eigenvalue weighted by atomic mass is 16.4. The second-order valence-corrected chi connectivity index (χ2v) is 7.41. The number of amides is 1. The van der Waals surface area contributed by atoms with Crippen molar-refractivity contribution in [3.63, 3.8) is 0 Å². The van der Waals surface area contributed by atoms with Crippen molar-refractivity contribution >= 4 is 11.9 Å². The number of unbranched alkanes of at least 4 members (excludes halogenated alkanes) is 11. The molecule has 0 saturated carbocycles. The lowest BCUT2D eigenvalue weighted by molar-refractivity contribution is -0.143. The van der Waals surface area contributed by atoms with Crippen LogP contribution in [0.15, 0.2) is 0 Å². The molecule has 25 heavy (non-hydrogen) atoms. The van der Waals surface area contributed by atoms with Gasteiger partial charge >= 0.3 is 5.97 Å². The van der Waals surface area contributed by atoms with Gasteiger partial charge in [0.25, 0.3) is 0 Å². The third kappa shape index (κ3) is 13.9. The second-order valence-electron chi connectivity index (χ2n) is 7.41. The van der Waals surface area contributed by atoms with E-state index in [2.05, 4.69) is 12.2 Å². The standard InChI is InChI=1S/C21H41NO3/c1-4-6-7-8-9-10-11-12-13-14-15-16-17-19(23)22-20(21(24)25)18(3)5-2/h18,20H,4-17H2,1-3H3,(H,22,23)(H,24,25)/t18-,20-/m0/s1. The van der Waals surface area contributed by atoms with Crippen LogP contribution >= 0.6 is 0 Å². The Morgan fingerprint density at radius 1 is 0.800 bits per heavy atom. The molecule has 0 aliphatic rings. The van der Waals surface area contributed by atoms with E-state index in [1.165, 1.54) is 64.2 Å². The fourth-order valence-electron chi connectivity index (χ4n) is 3.06. The van der Waals surface area contributed by atoms with Crippen molar-refractivity contribution in [1.29, 1.82) is 0 Å². The smallest absolute Gasteiger partial charge is 0.326 e. The van der Waals surface area contributed by atoms with E-state index in [1.807, 2.05) is 13.8 Å². The maximum absolute atomic E-state index is 11.9. The van der Waals surface area contributed by atoms with E-state index < -0.39 is 12.0 Å². The van der Waals surface area contributed by atoms with Gasteiger partial charge in [-0.1, -0.05) is 97.8 Å². The van der Waals surface area contributed by atoms with Gasteiger partial charge in [-0.15, -0.1) is 0 Å². The molecule has 0 spiro atoms. The van der Waals surface area contributed by atoms with Crippen LogP contribution < -0.4 is 5.32 Å². The van der Waals surface area contributed by atoms with Gasteiger partial charge in [0.05, 0.1) is 0 Å². The summed E-state index contributed by atoms with van der Waals surface area (Å²) in [5.74, 6) is -1.10. The maximum atomic E-state index is 11.9. The summed E-state index contributed by atoms with van der Waals surface area (Å²) in [5.41, 5.74) is 0. The number of aliphatic carboxylic acids is 1. The van der Waals surface area contributed by atoms with Gasteiger partial charge in [0.15, 0.2) is 0 Å². The minimum atomic E-state index is -0.933. The van der Waals surface area contributed by atoms with E-state index in [4.69, 9.17) is 0 Å². The first kappa shape index (κ1) is 23.9. The SMILES string of the molecule is CCCCCCCCCCCCCCC(=O)N[C@H](C(=O)O)[C@@H](C)CC. The molecule has 2 N–H and O–H groups in total. The lowest BCUT2D eigenvalue weighted by atomic mass is 9.99. The zero-order valence-electron chi connectivity index (χ0n) is 16.8. The van der Waals surface area contributed by atoms with E-state index in [9.17, 15) is 14.7 Å². The Bertz CT molecular complexity index is 344. The van der Waals surface area contributed by atoms with Crippen LogP contribution in [0, 0.1) is 5.92 Å². The lowest BCUT2D eigenvalue weighted by Crippen LogP contribution is -2.44. The van der Waals surface area contributed by atoms with Gasteiger partial charge in [0, 0.05) is 6.42 Å². The van der Waals surface area contributed by atoms with E-state index in [0.717, 1.165) is 19.3 Å². The number of rotatable bonds is 17. The third-order valence-electron chi connectivity index (χ3n) is 5.05. The molecule has 0 saturated heterocycles. The third-order valence-corrected chi connectivity index (χ3v) is 5.05. The predicted octanol–water partition coefficient (Wildman–Crippen LogP) is 5.69. The molecule has 0 aliphatic heterocycles. The van der Waals surface area contributed by atoms with E-state index in [1.54, 1.807) is 0 Å². The van der Waals surface area contributed by atoms with Crippen LogP contribution in [0.1, 0.15) is 111 Å². The van der Waals surface area contributed by atoms with Crippen LogP contribution in [0.3, 0.4) is 0 Å². The first-order chi connectivity index (χ1) is 12.0. The Labute approximate surface area is 155 Å². The Hall–Kier alpha value is -1.06. The summed E-state index contributed by atoms with van der Waals surface area (Å²) < 4.78 is 0. The van der Waals surface area contributed by atoms with Crippen molar-refractivity contribution in [2.45, 2.75) is 117 Å². The van der Waals surface area contributed by atoms with E-state index in [0.29, 0.717) is 6.42 Å². The van der Waals surface area contributed by atoms with Gasteiger partial charge in [-0.2, -0.15) is 0 Å². The fraction of sp³-hybridized carbons (Fsp3) is 0.905. The quantitative estimate of drug-likeness (QED) is 0.329. The van der Waals surface area contributed by atoms with Crippen LogP contribution in [0.4, 0.5) is 0 Å². The molecule has 148 valence electrons. The van der Waals surface area contributed by atoms with Crippen LogP contribution in [0.25, 0.3) is 0 Å². The number of carboxylic acids is 1. The average Bonchev–Trinajstić information content (AvgIpc) is 2.59. The molecule has 0 radical (unpaired) electrons. The van der Waals surface area contributed by atoms with Crippen molar-refractivity contribution in [2.75, 3.05) is 0 Å². The van der Waals surface area contributed by atoms with Crippen LogP contribution in [-0.4, -0.2) is 23.0 Å². The highest BCUT2D eigenvalue weighted by Gasteiger charge is 2.24. The van der Waals surface area contributed by atoms with E-state index in [-0.39, 0.29) is 11.8 Å². The highest BCUT2D eigenvalue weighted by Crippen LogP contribution is 2.13. The van der Waals surface area contributed by atoms with Crippen molar-refractivity contribution in [1.82, 2.24) is 5.32 Å². The van der Waals surface area contributed by atoms with E-state index >= 15 is 0 Å². The molecule has 0 aromatic carbocycles. The number of hydrogen-bond donors (Lipinski definition) is 2. The summed E-state index contributed by atoms with van der Waals surface area (Å²) in [6, 6.07) is -0.755. The molecule has 4 nitrogen and oxygen atoms in total. The van der Waals surface area contributed by atoms with Crippen molar-refractivity contribution in [2.24, 2.45) is 5.92 Å². The number of nitrogens with one attached hydrogen (secondary N) is 1. The molecule has 0 bridgehead atoms. The average molecular weight is 356 g/mol. The lowest BCUT2D eigenvalue weighted by Gasteiger charge is -2.20.